The highest BCUT2D eigenvalue weighted by Crippen LogP contribution is 2.38. The van der Waals surface area contributed by atoms with Crippen LogP contribution < -0.4 is 10.2 Å². The van der Waals surface area contributed by atoms with E-state index in [0.717, 1.165) is 36.2 Å². The van der Waals surface area contributed by atoms with Crippen molar-refractivity contribution in [3.05, 3.63) is 35.1 Å². The second-order valence-electron chi connectivity index (χ2n) is 7.75. The number of benzene rings is 1. The number of phenols is 1. The van der Waals surface area contributed by atoms with Crippen LogP contribution in [-0.4, -0.2) is 56.0 Å². The van der Waals surface area contributed by atoms with Gasteiger partial charge >= 0.3 is 0 Å². The number of aromatic hydroxyl groups is 1. The normalized spacial score (nSPS) is 16.8. The van der Waals surface area contributed by atoms with Gasteiger partial charge in [0.25, 0.3) is 0 Å². The van der Waals surface area contributed by atoms with Crippen LogP contribution in [0.5, 0.6) is 5.75 Å². The van der Waals surface area contributed by atoms with Gasteiger partial charge in [-0.15, -0.1) is 0 Å². The fraction of sp³-hybridized carbons (Fsp3) is 0.333. The number of nitrogens with zero attached hydrogens (tertiary/aromatic N) is 6. The standard InChI is InChI=1S/C21H22ClN7O/c1-11-18-12(9-28(3)27-18)6-14(20(11)30)16-7-15(22)19-21(25-16)24-8-17(26-19)29-5-4-13(10-29)23-2/h6-9,13,23,30H,4-5,10H2,1-3H3/t13-/m1/s1. The summed E-state index contributed by atoms with van der Waals surface area (Å²) >= 11 is 6.59. The first-order valence-electron chi connectivity index (χ1n) is 9.86. The predicted molar refractivity (Wildman–Crippen MR) is 118 cm³/mol. The molecule has 0 bridgehead atoms. The lowest BCUT2D eigenvalue weighted by Gasteiger charge is -2.17. The number of aromatic nitrogens is 5. The molecule has 8 nitrogen and oxygen atoms in total. The van der Waals surface area contributed by atoms with Gasteiger partial charge in [-0.25, -0.2) is 15.0 Å². The third-order valence-electron chi connectivity index (χ3n) is 5.78. The zero-order valence-electron chi connectivity index (χ0n) is 17.0. The Labute approximate surface area is 178 Å². The van der Waals surface area contributed by atoms with Crippen LogP contribution in [-0.2, 0) is 7.05 Å². The quantitative estimate of drug-likeness (QED) is 0.523. The summed E-state index contributed by atoms with van der Waals surface area (Å²) in [4.78, 5) is 16.1. The molecule has 4 heterocycles. The molecule has 1 aliphatic rings. The molecule has 0 radical (unpaired) electrons. The number of fused-ring (bicyclic) bond motifs is 2. The Kier molecular flexibility index (Phi) is 4.48. The van der Waals surface area contributed by atoms with Crippen LogP contribution in [0.15, 0.2) is 24.5 Å². The first kappa shape index (κ1) is 19.0. The molecule has 3 aromatic heterocycles. The molecule has 4 aromatic rings. The summed E-state index contributed by atoms with van der Waals surface area (Å²) in [5.74, 6) is 0.941. The van der Waals surface area contributed by atoms with Crippen LogP contribution in [0, 0.1) is 6.92 Å². The molecule has 1 fully saturated rings. The van der Waals surface area contributed by atoms with E-state index < -0.39 is 0 Å². The van der Waals surface area contributed by atoms with E-state index in [1.807, 2.05) is 33.3 Å². The number of halogens is 1. The van der Waals surface area contributed by atoms with Crippen molar-refractivity contribution in [1.29, 1.82) is 0 Å². The van der Waals surface area contributed by atoms with Crippen LogP contribution in [0.4, 0.5) is 5.82 Å². The number of nitrogens with one attached hydrogen (secondary N) is 1. The number of likely N-dealkylation sites (N-methyl/N-ethyl adjacent to an activating group) is 1. The fourth-order valence-electron chi connectivity index (χ4n) is 4.08. The van der Waals surface area contributed by atoms with Gasteiger partial charge < -0.3 is 15.3 Å². The van der Waals surface area contributed by atoms with Crippen molar-refractivity contribution >= 4 is 39.5 Å². The van der Waals surface area contributed by atoms with Crippen molar-refractivity contribution in [3.8, 4) is 17.0 Å². The number of hydrogen-bond acceptors (Lipinski definition) is 7. The summed E-state index contributed by atoms with van der Waals surface area (Å²) in [7, 11) is 3.83. The summed E-state index contributed by atoms with van der Waals surface area (Å²) in [5, 5.41) is 19.9. The van der Waals surface area contributed by atoms with E-state index >= 15 is 0 Å². The van der Waals surface area contributed by atoms with Crippen LogP contribution in [0.2, 0.25) is 5.02 Å². The van der Waals surface area contributed by atoms with Crippen LogP contribution in [0.3, 0.4) is 0 Å². The van der Waals surface area contributed by atoms with Crippen molar-refractivity contribution in [2.75, 3.05) is 25.0 Å². The molecule has 0 unspecified atom stereocenters. The minimum atomic E-state index is 0.142. The minimum Gasteiger partial charge on any atom is -0.507 e. The number of phenolic OH excluding ortho intramolecular Hbond substituents is 1. The van der Waals surface area contributed by atoms with Gasteiger partial charge in [0.05, 0.1) is 22.4 Å². The lowest BCUT2D eigenvalue weighted by atomic mass is 10.0. The highest BCUT2D eigenvalue weighted by Gasteiger charge is 2.23. The second-order valence-corrected chi connectivity index (χ2v) is 8.16. The molecule has 2 N–H and O–H groups in total. The lowest BCUT2D eigenvalue weighted by Crippen LogP contribution is -2.29. The molecule has 0 saturated carbocycles. The molecule has 5 rings (SSSR count). The number of rotatable bonds is 3. The molecular weight excluding hydrogens is 402 g/mol. The predicted octanol–water partition coefficient (Wildman–Crippen LogP) is 3.04. The largest absolute Gasteiger partial charge is 0.507 e. The second kappa shape index (κ2) is 7.07. The van der Waals surface area contributed by atoms with Gasteiger partial charge in [-0.3, -0.25) is 4.68 Å². The van der Waals surface area contributed by atoms with Crippen molar-refractivity contribution in [2.45, 2.75) is 19.4 Å². The Morgan fingerprint density at radius 2 is 2.07 bits per heavy atom. The van der Waals surface area contributed by atoms with E-state index in [9.17, 15) is 5.11 Å². The highest BCUT2D eigenvalue weighted by molar-refractivity contribution is 6.35. The summed E-state index contributed by atoms with van der Waals surface area (Å²) in [6, 6.07) is 4.06. The van der Waals surface area contributed by atoms with Crippen LogP contribution in [0.25, 0.3) is 33.3 Å². The number of hydrogen-bond donors (Lipinski definition) is 2. The molecule has 1 aromatic carbocycles. The van der Waals surface area contributed by atoms with Gasteiger partial charge in [0.1, 0.15) is 17.1 Å². The molecule has 154 valence electrons. The smallest absolute Gasteiger partial charge is 0.180 e. The van der Waals surface area contributed by atoms with Gasteiger partial charge in [0.2, 0.25) is 0 Å². The maximum absolute atomic E-state index is 10.8. The maximum Gasteiger partial charge on any atom is 0.180 e. The molecular formula is C21H22ClN7O. The van der Waals surface area contributed by atoms with Crippen molar-refractivity contribution in [2.24, 2.45) is 7.05 Å². The summed E-state index contributed by atoms with van der Waals surface area (Å²) < 4.78 is 1.73. The van der Waals surface area contributed by atoms with Gasteiger partial charge in [-0.2, -0.15) is 5.10 Å². The van der Waals surface area contributed by atoms with Crippen molar-refractivity contribution < 1.29 is 5.11 Å². The van der Waals surface area contributed by atoms with Crippen molar-refractivity contribution in [3.63, 3.8) is 0 Å². The number of anilines is 1. The molecule has 0 amide bonds. The Bertz CT molecular complexity index is 1290. The van der Waals surface area contributed by atoms with E-state index in [1.54, 1.807) is 16.9 Å². The average Bonchev–Trinajstić information content (AvgIpc) is 3.36. The minimum absolute atomic E-state index is 0.142. The Balaban J connectivity index is 1.59. The third kappa shape index (κ3) is 3.03. The Morgan fingerprint density at radius 3 is 2.83 bits per heavy atom. The maximum atomic E-state index is 10.8. The van der Waals surface area contributed by atoms with Gasteiger partial charge in [-0.1, -0.05) is 11.6 Å². The fourth-order valence-corrected chi connectivity index (χ4v) is 4.31. The topological polar surface area (TPSA) is 92.0 Å². The molecule has 1 atom stereocenters. The molecule has 0 spiro atoms. The number of pyridine rings is 1. The van der Waals surface area contributed by atoms with Crippen LogP contribution in [0.1, 0.15) is 12.0 Å². The van der Waals surface area contributed by atoms with E-state index in [4.69, 9.17) is 16.6 Å². The Morgan fingerprint density at radius 1 is 1.23 bits per heavy atom. The third-order valence-corrected chi connectivity index (χ3v) is 6.06. The van der Waals surface area contributed by atoms with Crippen LogP contribution >= 0.6 is 11.6 Å². The zero-order chi connectivity index (χ0) is 21.0. The highest BCUT2D eigenvalue weighted by atomic mass is 35.5. The molecule has 1 saturated heterocycles. The van der Waals surface area contributed by atoms with Gasteiger partial charge in [0, 0.05) is 48.9 Å². The average molecular weight is 424 g/mol. The molecule has 1 aliphatic heterocycles. The Hall–Kier alpha value is -2.97. The van der Waals surface area contributed by atoms with E-state index in [-0.39, 0.29) is 5.75 Å². The monoisotopic (exact) mass is 423 g/mol. The molecule has 30 heavy (non-hydrogen) atoms. The summed E-state index contributed by atoms with van der Waals surface area (Å²) in [6.07, 6.45) is 4.72. The van der Waals surface area contributed by atoms with Gasteiger partial charge in [0.15, 0.2) is 5.65 Å². The van der Waals surface area contributed by atoms with E-state index in [1.165, 1.54) is 0 Å². The van der Waals surface area contributed by atoms with E-state index in [2.05, 4.69) is 25.3 Å². The van der Waals surface area contributed by atoms with E-state index in [0.29, 0.717) is 39.0 Å². The zero-order valence-corrected chi connectivity index (χ0v) is 17.8. The molecule has 0 aliphatic carbocycles. The lowest BCUT2D eigenvalue weighted by molar-refractivity contribution is 0.474. The van der Waals surface area contributed by atoms with Crippen molar-refractivity contribution in [1.82, 2.24) is 30.0 Å². The summed E-state index contributed by atoms with van der Waals surface area (Å²) in [6.45, 7) is 3.66. The summed E-state index contributed by atoms with van der Waals surface area (Å²) in [5.41, 5.74) is 3.63. The first-order valence-corrected chi connectivity index (χ1v) is 10.2. The first-order chi connectivity index (χ1) is 14.4. The SMILES string of the molecule is CN[C@@H]1CCN(c2cnc3nc(-c4cc5cn(C)nc5c(C)c4O)cc(Cl)c3n2)C1. The number of aryl methyl sites for hydroxylation is 2. The molecule has 9 heteroatoms. The van der Waals surface area contributed by atoms with Gasteiger partial charge in [-0.05, 0) is 32.5 Å².